The first kappa shape index (κ1) is 21.1. The number of hydrogen-bond acceptors (Lipinski definition) is 6. The Morgan fingerprint density at radius 2 is 1.90 bits per heavy atom. The Morgan fingerprint density at radius 1 is 1.07 bits per heavy atom. The summed E-state index contributed by atoms with van der Waals surface area (Å²) in [6.45, 7) is 0.756. The molecule has 3 rings (SSSR count). The van der Waals surface area contributed by atoms with Crippen LogP contribution in [0.15, 0.2) is 36.7 Å². The van der Waals surface area contributed by atoms with Gasteiger partial charge >= 0.3 is 0 Å². The van der Waals surface area contributed by atoms with E-state index in [9.17, 15) is 4.39 Å². The number of halogens is 2. The summed E-state index contributed by atoms with van der Waals surface area (Å²) in [6, 6.07) is 8.00. The SMILES string of the molecule is COc1cc2ncnc(Nc3ccc(F)c(Cl)c3)c2cc1OCCCCCCO. The van der Waals surface area contributed by atoms with Crippen molar-refractivity contribution >= 4 is 34.0 Å². The summed E-state index contributed by atoms with van der Waals surface area (Å²) < 4.78 is 24.8. The smallest absolute Gasteiger partial charge is 0.162 e. The lowest BCUT2D eigenvalue weighted by Gasteiger charge is -2.14. The summed E-state index contributed by atoms with van der Waals surface area (Å²) in [6.07, 6.45) is 5.08. The Bertz CT molecular complexity index is 971. The first-order chi connectivity index (χ1) is 14.1. The third-order valence-corrected chi connectivity index (χ3v) is 4.70. The van der Waals surface area contributed by atoms with Gasteiger partial charge in [0, 0.05) is 23.7 Å². The Kier molecular flexibility index (Phi) is 7.43. The Labute approximate surface area is 173 Å². The highest BCUT2D eigenvalue weighted by atomic mass is 35.5. The molecule has 6 nitrogen and oxygen atoms in total. The van der Waals surface area contributed by atoms with Gasteiger partial charge in [0.25, 0.3) is 0 Å². The van der Waals surface area contributed by atoms with Gasteiger partial charge < -0.3 is 19.9 Å². The molecular weight excluding hydrogens is 397 g/mol. The lowest BCUT2D eigenvalue weighted by molar-refractivity contribution is 0.268. The van der Waals surface area contributed by atoms with Crippen LogP contribution in [0.2, 0.25) is 5.02 Å². The standard InChI is InChI=1S/C21H23ClFN3O3/c1-28-19-12-18-15(11-20(19)29-9-5-3-2-4-8-27)21(25-13-24-18)26-14-6-7-17(23)16(22)10-14/h6-7,10-13,27H,2-5,8-9H2,1H3,(H,24,25,26). The molecule has 0 spiro atoms. The fraction of sp³-hybridized carbons (Fsp3) is 0.333. The number of nitrogens with zero attached hydrogens (tertiary/aromatic N) is 2. The van der Waals surface area contributed by atoms with E-state index in [1.807, 2.05) is 6.07 Å². The van der Waals surface area contributed by atoms with Crippen molar-refractivity contribution in [2.75, 3.05) is 25.6 Å². The second-order valence-corrected chi connectivity index (χ2v) is 6.89. The number of aliphatic hydroxyl groups excluding tert-OH is 1. The van der Waals surface area contributed by atoms with Crippen molar-refractivity contribution in [3.8, 4) is 11.5 Å². The van der Waals surface area contributed by atoms with Crippen LogP contribution in [0.5, 0.6) is 11.5 Å². The molecule has 0 amide bonds. The van der Waals surface area contributed by atoms with E-state index in [0.29, 0.717) is 35.1 Å². The van der Waals surface area contributed by atoms with E-state index in [-0.39, 0.29) is 11.6 Å². The van der Waals surface area contributed by atoms with Gasteiger partial charge in [-0.05, 0) is 43.5 Å². The van der Waals surface area contributed by atoms with E-state index in [0.717, 1.165) is 31.1 Å². The average molecular weight is 420 g/mol. The van der Waals surface area contributed by atoms with E-state index >= 15 is 0 Å². The van der Waals surface area contributed by atoms with Gasteiger partial charge in [-0.25, -0.2) is 14.4 Å². The van der Waals surface area contributed by atoms with Gasteiger partial charge in [-0.2, -0.15) is 0 Å². The summed E-state index contributed by atoms with van der Waals surface area (Å²) in [7, 11) is 1.58. The normalized spacial score (nSPS) is 10.9. The van der Waals surface area contributed by atoms with Gasteiger partial charge in [0.15, 0.2) is 11.5 Å². The summed E-state index contributed by atoms with van der Waals surface area (Å²) in [5.41, 5.74) is 1.29. The molecule has 2 aromatic carbocycles. The molecule has 1 aromatic heterocycles. The van der Waals surface area contributed by atoms with Gasteiger partial charge in [-0.1, -0.05) is 18.0 Å². The van der Waals surface area contributed by atoms with Crippen LogP contribution in [0, 0.1) is 5.82 Å². The van der Waals surface area contributed by atoms with Crippen molar-refractivity contribution in [2.45, 2.75) is 25.7 Å². The zero-order valence-electron chi connectivity index (χ0n) is 16.1. The van der Waals surface area contributed by atoms with E-state index in [1.54, 1.807) is 19.2 Å². The second-order valence-electron chi connectivity index (χ2n) is 6.48. The lowest BCUT2D eigenvalue weighted by Crippen LogP contribution is -2.01. The van der Waals surface area contributed by atoms with Crippen molar-refractivity contribution in [1.29, 1.82) is 0 Å². The molecule has 0 saturated heterocycles. The van der Waals surface area contributed by atoms with Crippen LogP contribution in [-0.4, -0.2) is 35.4 Å². The van der Waals surface area contributed by atoms with Gasteiger partial charge in [0.05, 0.1) is 24.3 Å². The number of hydrogen-bond donors (Lipinski definition) is 2. The molecule has 8 heteroatoms. The maximum absolute atomic E-state index is 13.4. The van der Waals surface area contributed by atoms with E-state index in [2.05, 4.69) is 15.3 Å². The molecule has 1 heterocycles. The van der Waals surface area contributed by atoms with Gasteiger partial charge in [-0.15, -0.1) is 0 Å². The number of ether oxygens (including phenoxy) is 2. The molecule has 3 aromatic rings. The number of benzene rings is 2. The molecule has 154 valence electrons. The highest BCUT2D eigenvalue weighted by Gasteiger charge is 2.12. The van der Waals surface area contributed by atoms with Crippen LogP contribution >= 0.6 is 11.6 Å². The fourth-order valence-electron chi connectivity index (χ4n) is 2.90. The number of anilines is 2. The van der Waals surface area contributed by atoms with E-state index < -0.39 is 5.82 Å². The third kappa shape index (κ3) is 5.46. The number of nitrogens with one attached hydrogen (secondary N) is 1. The van der Waals surface area contributed by atoms with Gasteiger partial charge in [0.2, 0.25) is 0 Å². The maximum Gasteiger partial charge on any atom is 0.162 e. The number of methoxy groups -OCH3 is 1. The fourth-order valence-corrected chi connectivity index (χ4v) is 3.08. The van der Waals surface area contributed by atoms with Crippen molar-refractivity contribution in [3.63, 3.8) is 0 Å². The summed E-state index contributed by atoms with van der Waals surface area (Å²) in [5.74, 6) is 1.25. The van der Waals surface area contributed by atoms with Crippen molar-refractivity contribution in [3.05, 3.63) is 47.5 Å². The number of fused-ring (bicyclic) bond motifs is 1. The predicted octanol–water partition coefficient (Wildman–Crippen LogP) is 5.11. The summed E-state index contributed by atoms with van der Waals surface area (Å²) in [4.78, 5) is 8.60. The molecule has 0 saturated carbocycles. The van der Waals surface area contributed by atoms with Crippen molar-refractivity contribution in [1.82, 2.24) is 9.97 Å². The van der Waals surface area contributed by atoms with Gasteiger partial charge in [-0.3, -0.25) is 0 Å². The number of aromatic nitrogens is 2. The molecule has 0 fully saturated rings. The number of unbranched alkanes of at least 4 members (excludes halogenated alkanes) is 3. The minimum Gasteiger partial charge on any atom is -0.493 e. The van der Waals surface area contributed by atoms with Crippen LogP contribution < -0.4 is 14.8 Å². The Balaban J connectivity index is 1.82. The number of rotatable bonds is 10. The summed E-state index contributed by atoms with van der Waals surface area (Å²) >= 11 is 5.87. The first-order valence-electron chi connectivity index (χ1n) is 9.41. The lowest BCUT2D eigenvalue weighted by atomic mass is 10.2. The predicted molar refractivity (Wildman–Crippen MR) is 112 cm³/mol. The van der Waals surface area contributed by atoms with E-state index in [4.69, 9.17) is 26.2 Å². The highest BCUT2D eigenvalue weighted by Crippen LogP contribution is 2.35. The molecule has 0 bridgehead atoms. The number of aliphatic hydroxyl groups is 1. The average Bonchev–Trinajstić information content (AvgIpc) is 2.73. The van der Waals surface area contributed by atoms with E-state index in [1.165, 1.54) is 18.5 Å². The highest BCUT2D eigenvalue weighted by molar-refractivity contribution is 6.31. The minimum absolute atomic E-state index is 0.0280. The zero-order valence-corrected chi connectivity index (χ0v) is 16.9. The second kappa shape index (κ2) is 10.2. The molecule has 29 heavy (non-hydrogen) atoms. The molecular formula is C21H23ClFN3O3. The van der Waals surface area contributed by atoms with Crippen LogP contribution in [0.25, 0.3) is 10.9 Å². The molecule has 0 aliphatic rings. The Hall–Kier alpha value is -2.64. The van der Waals surface area contributed by atoms with Crippen LogP contribution in [0.1, 0.15) is 25.7 Å². The zero-order chi connectivity index (χ0) is 20.6. The van der Waals surface area contributed by atoms with Crippen LogP contribution in [-0.2, 0) is 0 Å². The van der Waals surface area contributed by atoms with Gasteiger partial charge in [0.1, 0.15) is 18.0 Å². The topological polar surface area (TPSA) is 76.5 Å². The monoisotopic (exact) mass is 419 g/mol. The molecule has 2 N–H and O–H groups in total. The quantitative estimate of drug-likeness (QED) is 0.445. The third-order valence-electron chi connectivity index (χ3n) is 4.41. The first-order valence-corrected chi connectivity index (χ1v) is 9.78. The van der Waals surface area contributed by atoms with Crippen LogP contribution in [0.3, 0.4) is 0 Å². The molecule has 0 radical (unpaired) electrons. The summed E-state index contributed by atoms with van der Waals surface area (Å²) in [5, 5.41) is 12.8. The van der Waals surface area contributed by atoms with Crippen molar-refractivity contribution < 1.29 is 19.0 Å². The largest absolute Gasteiger partial charge is 0.493 e. The minimum atomic E-state index is -0.482. The molecule has 0 unspecified atom stereocenters. The Morgan fingerprint density at radius 3 is 2.66 bits per heavy atom. The van der Waals surface area contributed by atoms with Crippen molar-refractivity contribution in [2.24, 2.45) is 0 Å². The van der Waals surface area contributed by atoms with Crippen LogP contribution in [0.4, 0.5) is 15.9 Å². The molecule has 0 aliphatic heterocycles. The molecule has 0 aliphatic carbocycles. The maximum atomic E-state index is 13.4. The molecule has 0 atom stereocenters.